The first-order valence-electron chi connectivity index (χ1n) is 9.11. The van der Waals surface area contributed by atoms with Gasteiger partial charge >= 0.3 is 0 Å². The molecule has 0 N–H and O–H groups in total. The smallest absolute Gasteiger partial charge is 0.264 e. The fraction of sp³-hybridized carbons (Fsp3) is 0.632. The number of likely N-dealkylation sites (tertiary alicyclic amines) is 2. The number of hydrogen-bond donors (Lipinski definition) is 0. The molecule has 3 atom stereocenters. The summed E-state index contributed by atoms with van der Waals surface area (Å²) in [5.41, 5.74) is 0.349. The van der Waals surface area contributed by atoms with Gasteiger partial charge in [-0.15, -0.1) is 11.3 Å². The third-order valence-corrected chi connectivity index (χ3v) is 7.10. The fourth-order valence-corrected chi connectivity index (χ4v) is 5.21. The Bertz CT molecular complexity index is 752. The molecule has 1 aromatic rings. The summed E-state index contributed by atoms with van der Waals surface area (Å²) in [6.45, 7) is 4.39. The van der Waals surface area contributed by atoms with E-state index in [9.17, 15) is 9.59 Å². The topological polar surface area (TPSA) is 64.4 Å². The first-order valence-corrected chi connectivity index (χ1v) is 9.99. The van der Waals surface area contributed by atoms with E-state index in [4.69, 9.17) is 5.26 Å². The second kappa shape index (κ2) is 6.14. The van der Waals surface area contributed by atoms with E-state index in [-0.39, 0.29) is 17.4 Å². The first kappa shape index (κ1) is 16.6. The van der Waals surface area contributed by atoms with Crippen molar-refractivity contribution in [3.8, 4) is 6.07 Å². The molecule has 3 fully saturated rings. The molecule has 4 rings (SSSR count). The number of carbonyl (C=O) groups excluding carboxylic acids is 2. The summed E-state index contributed by atoms with van der Waals surface area (Å²) >= 11 is 1.34. The van der Waals surface area contributed by atoms with Crippen molar-refractivity contribution < 1.29 is 9.59 Å². The Morgan fingerprint density at radius 1 is 1.40 bits per heavy atom. The van der Waals surface area contributed by atoms with Crippen LogP contribution in [0.1, 0.15) is 54.3 Å². The Labute approximate surface area is 152 Å². The summed E-state index contributed by atoms with van der Waals surface area (Å²) in [7, 11) is 0. The summed E-state index contributed by atoms with van der Waals surface area (Å²) in [5, 5.41) is 10.7. The predicted molar refractivity (Wildman–Crippen MR) is 95.1 cm³/mol. The highest BCUT2D eigenvalue weighted by atomic mass is 32.1. The van der Waals surface area contributed by atoms with Crippen LogP contribution in [0, 0.1) is 23.2 Å². The van der Waals surface area contributed by atoms with E-state index in [1.165, 1.54) is 17.8 Å². The lowest BCUT2D eigenvalue weighted by molar-refractivity contribution is -0.131. The zero-order chi connectivity index (χ0) is 17.6. The Kier molecular flexibility index (Phi) is 4.07. The zero-order valence-electron chi connectivity index (χ0n) is 14.5. The molecule has 2 amide bonds. The maximum atomic E-state index is 13.0. The first-order chi connectivity index (χ1) is 12.0. The van der Waals surface area contributed by atoms with Crippen LogP contribution in [-0.2, 0) is 4.79 Å². The second-order valence-electron chi connectivity index (χ2n) is 7.84. The zero-order valence-corrected chi connectivity index (χ0v) is 15.3. The summed E-state index contributed by atoms with van der Waals surface area (Å²) in [6.07, 6.45) is 4.68. The Morgan fingerprint density at radius 3 is 2.88 bits per heavy atom. The molecule has 1 spiro atoms. The standard InChI is InChI=1S/C19H23N3O2S/c1-13-7-15(13)9-17(23)21-6-4-19(12-21)3-2-5-22(19)18(24)16-8-14(10-20)11-25-16/h8,11,13,15H,2-7,9,12H2,1H3. The van der Waals surface area contributed by atoms with Gasteiger partial charge in [-0.2, -0.15) is 5.26 Å². The molecular weight excluding hydrogens is 334 g/mol. The number of nitrogens with zero attached hydrogens (tertiary/aromatic N) is 3. The molecular formula is C19H23N3O2S. The van der Waals surface area contributed by atoms with Crippen molar-refractivity contribution in [1.29, 1.82) is 5.26 Å². The molecule has 0 radical (unpaired) electrons. The van der Waals surface area contributed by atoms with Gasteiger partial charge in [-0.1, -0.05) is 6.92 Å². The van der Waals surface area contributed by atoms with Gasteiger partial charge < -0.3 is 9.80 Å². The molecule has 2 saturated heterocycles. The largest absolute Gasteiger partial charge is 0.340 e. The van der Waals surface area contributed by atoms with Gasteiger partial charge in [0.15, 0.2) is 0 Å². The number of thiophene rings is 1. The van der Waals surface area contributed by atoms with Crippen molar-refractivity contribution in [2.24, 2.45) is 11.8 Å². The van der Waals surface area contributed by atoms with Gasteiger partial charge in [-0.25, -0.2) is 0 Å². The van der Waals surface area contributed by atoms with Gasteiger partial charge in [0.2, 0.25) is 5.91 Å². The van der Waals surface area contributed by atoms with Crippen LogP contribution in [0.25, 0.3) is 0 Å². The minimum Gasteiger partial charge on any atom is -0.340 e. The molecule has 1 saturated carbocycles. The highest BCUT2D eigenvalue weighted by Crippen LogP contribution is 2.43. The second-order valence-corrected chi connectivity index (χ2v) is 8.75. The number of carbonyl (C=O) groups is 2. The molecule has 0 aromatic carbocycles. The van der Waals surface area contributed by atoms with Crippen molar-refractivity contribution in [3.05, 3.63) is 21.9 Å². The molecule has 3 heterocycles. The molecule has 3 aliphatic rings. The van der Waals surface area contributed by atoms with Crippen LogP contribution in [-0.4, -0.2) is 46.8 Å². The van der Waals surface area contributed by atoms with Crippen LogP contribution < -0.4 is 0 Å². The Balaban J connectivity index is 1.46. The van der Waals surface area contributed by atoms with E-state index >= 15 is 0 Å². The highest BCUT2D eigenvalue weighted by molar-refractivity contribution is 7.12. The van der Waals surface area contributed by atoms with Gasteiger partial charge in [0.1, 0.15) is 6.07 Å². The van der Waals surface area contributed by atoms with Gasteiger partial charge in [-0.3, -0.25) is 9.59 Å². The lowest BCUT2D eigenvalue weighted by Gasteiger charge is -2.35. The molecule has 1 aliphatic carbocycles. The quantitative estimate of drug-likeness (QED) is 0.835. The average Bonchev–Trinajstić information content (AvgIpc) is 3.09. The normalized spacial score (nSPS) is 30.7. The summed E-state index contributed by atoms with van der Waals surface area (Å²) in [5.74, 6) is 1.54. The SMILES string of the molecule is CC1CC1CC(=O)N1CCC2(CCCN2C(=O)c2cc(C#N)cs2)C1. The number of nitriles is 1. The molecule has 3 unspecified atom stereocenters. The summed E-state index contributed by atoms with van der Waals surface area (Å²) in [4.78, 5) is 30.1. The van der Waals surface area contributed by atoms with Crippen LogP contribution in [0.3, 0.4) is 0 Å². The predicted octanol–water partition coefficient (Wildman–Crippen LogP) is 2.87. The van der Waals surface area contributed by atoms with E-state index < -0.39 is 0 Å². The van der Waals surface area contributed by atoms with E-state index in [2.05, 4.69) is 13.0 Å². The molecule has 0 bridgehead atoms. The van der Waals surface area contributed by atoms with Crippen molar-refractivity contribution in [2.45, 2.75) is 44.6 Å². The fourth-order valence-electron chi connectivity index (χ4n) is 4.43. The van der Waals surface area contributed by atoms with Crippen LogP contribution in [0.4, 0.5) is 0 Å². The third kappa shape index (κ3) is 2.95. The van der Waals surface area contributed by atoms with Crippen LogP contribution in [0.5, 0.6) is 0 Å². The van der Waals surface area contributed by atoms with Crippen molar-refractivity contribution in [2.75, 3.05) is 19.6 Å². The van der Waals surface area contributed by atoms with Crippen LogP contribution in [0.2, 0.25) is 0 Å². The lowest BCUT2D eigenvalue weighted by atomic mass is 9.95. The van der Waals surface area contributed by atoms with Gasteiger partial charge in [0, 0.05) is 31.4 Å². The van der Waals surface area contributed by atoms with E-state index in [0.29, 0.717) is 35.2 Å². The van der Waals surface area contributed by atoms with Crippen LogP contribution in [0.15, 0.2) is 11.4 Å². The Morgan fingerprint density at radius 2 is 2.20 bits per heavy atom. The molecule has 5 nitrogen and oxygen atoms in total. The third-order valence-electron chi connectivity index (χ3n) is 6.18. The minimum atomic E-state index is -0.196. The van der Waals surface area contributed by atoms with Gasteiger partial charge in [-0.05, 0) is 43.6 Å². The minimum absolute atomic E-state index is 0.0223. The van der Waals surface area contributed by atoms with Crippen LogP contribution >= 0.6 is 11.3 Å². The molecule has 132 valence electrons. The lowest BCUT2D eigenvalue weighted by Crippen LogP contribution is -2.49. The number of amides is 2. The maximum Gasteiger partial charge on any atom is 0.264 e. The van der Waals surface area contributed by atoms with Crippen molar-refractivity contribution in [1.82, 2.24) is 9.80 Å². The molecule has 25 heavy (non-hydrogen) atoms. The van der Waals surface area contributed by atoms with E-state index in [1.54, 1.807) is 11.4 Å². The number of rotatable bonds is 3. The van der Waals surface area contributed by atoms with Crippen molar-refractivity contribution in [3.63, 3.8) is 0 Å². The summed E-state index contributed by atoms with van der Waals surface area (Å²) < 4.78 is 0. The van der Waals surface area contributed by atoms with E-state index in [1.807, 2.05) is 9.80 Å². The highest BCUT2D eigenvalue weighted by Gasteiger charge is 2.50. The van der Waals surface area contributed by atoms with Gasteiger partial charge in [0.05, 0.1) is 16.0 Å². The Hall–Kier alpha value is -1.87. The molecule has 2 aliphatic heterocycles. The monoisotopic (exact) mass is 357 g/mol. The van der Waals surface area contributed by atoms with Crippen molar-refractivity contribution >= 4 is 23.2 Å². The van der Waals surface area contributed by atoms with Gasteiger partial charge in [0.25, 0.3) is 5.91 Å². The number of hydrogen-bond acceptors (Lipinski definition) is 4. The molecule has 6 heteroatoms. The average molecular weight is 357 g/mol. The maximum absolute atomic E-state index is 13.0. The summed E-state index contributed by atoms with van der Waals surface area (Å²) in [6, 6.07) is 3.78. The molecule has 1 aromatic heterocycles. The van der Waals surface area contributed by atoms with E-state index in [0.717, 1.165) is 32.4 Å².